The minimum atomic E-state index is -0.719. The first-order chi connectivity index (χ1) is 19.3. The summed E-state index contributed by atoms with van der Waals surface area (Å²) in [5.41, 5.74) is 7.34. The van der Waals surface area contributed by atoms with E-state index in [1.54, 1.807) is 7.11 Å². The van der Waals surface area contributed by atoms with E-state index in [-0.39, 0.29) is 28.8 Å². The lowest BCUT2D eigenvalue weighted by molar-refractivity contribution is 0.0981. The molecule has 12 heteroatoms. The lowest BCUT2D eigenvalue weighted by Crippen LogP contribution is -2.52. The predicted molar refractivity (Wildman–Crippen MR) is 158 cm³/mol. The Morgan fingerprint density at radius 2 is 1.73 bits per heavy atom. The van der Waals surface area contributed by atoms with Crippen LogP contribution in [0, 0.1) is 0 Å². The van der Waals surface area contributed by atoms with E-state index in [0.717, 1.165) is 82.1 Å². The van der Waals surface area contributed by atoms with Crippen molar-refractivity contribution < 1.29 is 14.6 Å². The van der Waals surface area contributed by atoms with E-state index < -0.39 is 5.91 Å². The van der Waals surface area contributed by atoms with Crippen molar-refractivity contribution in [1.82, 2.24) is 19.8 Å². The Bertz CT molecular complexity index is 1180. The predicted octanol–water partition coefficient (Wildman–Crippen LogP) is 2.91. The number of anilines is 4. The molecule has 2 saturated heterocycles. The molecule has 1 aromatic heterocycles. The standard InChI is InChI=1S/C28H41ClN8O3/c1-35-13-15-36(16-14-35)20-9-11-37(12-10-20)22-17-19(5-8-23(22)40-2)32-27-24(26(30)39)33-25(29)28(34-27)31-18-3-6-21(38)7-4-18/h5,8,17-18,20-21,38H,3-4,6-7,9-16H2,1-2H3,(H2,30,39)(H2,31,32,34). The van der Waals surface area contributed by atoms with Crippen LogP contribution in [0.15, 0.2) is 18.2 Å². The number of hydrogen-bond acceptors (Lipinski definition) is 10. The van der Waals surface area contributed by atoms with Gasteiger partial charge in [0.05, 0.1) is 18.9 Å². The van der Waals surface area contributed by atoms with Gasteiger partial charge in [-0.1, -0.05) is 11.6 Å². The normalized spacial score (nSPS) is 23.1. The third-order valence-electron chi connectivity index (χ3n) is 8.43. The third-order valence-corrected chi connectivity index (χ3v) is 8.69. The Morgan fingerprint density at radius 3 is 2.38 bits per heavy atom. The number of primary amides is 1. The Morgan fingerprint density at radius 1 is 1.02 bits per heavy atom. The zero-order valence-corrected chi connectivity index (χ0v) is 24.2. The Labute approximate surface area is 241 Å². The average Bonchev–Trinajstić information content (AvgIpc) is 2.96. The van der Waals surface area contributed by atoms with Crippen LogP contribution in [0.3, 0.4) is 0 Å². The maximum atomic E-state index is 12.2. The maximum absolute atomic E-state index is 12.2. The van der Waals surface area contributed by atoms with E-state index in [1.807, 2.05) is 18.2 Å². The highest BCUT2D eigenvalue weighted by Crippen LogP contribution is 2.35. The summed E-state index contributed by atoms with van der Waals surface area (Å²) in [7, 11) is 3.87. The molecule has 3 heterocycles. The Hall–Kier alpha value is -2.86. The van der Waals surface area contributed by atoms with E-state index in [0.29, 0.717) is 24.7 Å². The number of carbonyl (C=O) groups is 1. The molecule has 218 valence electrons. The molecule has 11 nitrogen and oxygen atoms in total. The van der Waals surface area contributed by atoms with Gasteiger partial charge in [-0.25, -0.2) is 9.97 Å². The number of carbonyl (C=O) groups excluding carboxylic acids is 1. The first kappa shape index (κ1) is 28.7. The number of likely N-dealkylation sites (N-methyl/N-ethyl adjacent to an activating group) is 1. The molecule has 1 aliphatic carbocycles. The molecule has 2 aliphatic heterocycles. The Kier molecular flexibility index (Phi) is 9.14. The first-order valence-corrected chi connectivity index (χ1v) is 14.6. The van der Waals surface area contributed by atoms with Crippen LogP contribution in [-0.4, -0.2) is 102 Å². The molecule has 2 aromatic rings. The second kappa shape index (κ2) is 12.8. The monoisotopic (exact) mass is 572 g/mol. The second-order valence-electron chi connectivity index (χ2n) is 11.1. The van der Waals surface area contributed by atoms with E-state index in [9.17, 15) is 9.90 Å². The van der Waals surface area contributed by atoms with E-state index in [2.05, 4.69) is 42.3 Å². The van der Waals surface area contributed by atoms with Crippen LogP contribution >= 0.6 is 11.6 Å². The van der Waals surface area contributed by atoms with Crippen LogP contribution in [0.4, 0.5) is 23.0 Å². The van der Waals surface area contributed by atoms with Crippen LogP contribution in [0.25, 0.3) is 0 Å². The molecular formula is C28H41ClN8O3. The van der Waals surface area contributed by atoms with Gasteiger partial charge in [0.1, 0.15) is 5.75 Å². The summed E-state index contributed by atoms with van der Waals surface area (Å²) >= 11 is 6.39. The number of nitrogens with zero attached hydrogens (tertiary/aromatic N) is 5. The summed E-state index contributed by atoms with van der Waals surface area (Å²) in [6.07, 6.45) is 4.97. The van der Waals surface area contributed by atoms with Crippen molar-refractivity contribution in [3.05, 3.63) is 29.0 Å². The molecule has 0 unspecified atom stereocenters. The van der Waals surface area contributed by atoms with Crippen molar-refractivity contribution in [2.45, 2.75) is 56.7 Å². The fraction of sp³-hybridized carbons (Fsp3) is 0.607. The van der Waals surface area contributed by atoms with Gasteiger partial charge in [0.2, 0.25) is 0 Å². The molecule has 1 saturated carbocycles. The minimum absolute atomic E-state index is 0.0278. The highest BCUT2D eigenvalue weighted by Gasteiger charge is 2.28. The van der Waals surface area contributed by atoms with Gasteiger partial charge in [0, 0.05) is 57.0 Å². The number of nitrogens with two attached hydrogens (primary N) is 1. The number of piperazine rings is 1. The molecule has 0 spiro atoms. The van der Waals surface area contributed by atoms with Crippen LogP contribution in [0.1, 0.15) is 49.0 Å². The molecule has 1 aromatic carbocycles. The summed E-state index contributed by atoms with van der Waals surface area (Å²) in [6, 6.07) is 6.55. The first-order valence-electron chi connectivity index (χ1n) is 14.2. The van der Waals surface area contributed by atoms with Gasteiger partial charge in [-0.3, -0.25) is 9.69 Å². The van der Waals surface area contributed by atoms with Crippen LogP contribution in [-0.2, 0) is 0 Å². The molecule has 3 fully saturated rings. The van der Waals surface area contributed by atoms with Gasteiger partial charge in [0.25, 0.3) is 5.91 Å². The van der Waals surface area contributed by atoms with Crippen LogP contribution in [0.2, 0.25) is 5.15 Å². The van der Waals surface area contributed by atoms with Crippen molar-refractivity contribution in [3.8, 4) is 5.75 Å². The molecular weight excluding hydrogens is 532 g/mol. The van der Waals surface area contributed by atoms with Gasteiger partial charge in [-0.2, -0.15) is 0 Å². The molecule has 40 heavy (non-hydrogen) atoms. The van der Waals surface area contributed by atoms with E-state index in [1.165, 1.54) is 0 Å². The summed E-state index contributed by atoms with van der Waals surface area (Å²) in [4.78, 5) is 28.5. The van der Waals surface area contributed by atoms with Crippen molar-refractivity contribution in [2.24, 2.45) is 5.73 Å². The van der Waals surface area contributed by atoms with Crippen molar-refractivity contribution in [1.29, 1.82) is 0 Å². The zero-order valence-electron chi connectivity index (χ0n) is 23.4. The SMILES string of the molecule is COc1ccc(Nc2nc(NC3CCC(O)CC3)c(Cl)nc2C(N)=O)cc1N1CCC(N2CCN(C)CC2)CC1. The summed E-state index contributed by atoms with van der Waals surface area (Å²) in [6.45, 7) is 6.40. The number of aromatic nitrogens is 2. The van der Waals surface area contributed by atoms with Crippen LogP contribution < -0.4 is 26.0 Å². The number of hydrogen-bond donors (Lipinski definition) is 4. The molecule has 3 aliphatic rings. The third kappa shape index (κ3) is 6.71. The van der Waals surface area contributed by atoms with Gasteiger partial charge >= 0.3 is 0 Å². The number of nitrogens with one attached hydrogen (secondary N) is 2. The number of aliphatic hydroxyl groups excluding tert-OH is 1. The summed E-state index contributed by atoms with van der Waals surface area (Å²) in [5, 5.41) is 16.5. The Balaban J connectivity index is 1.32. The van der Waals surface area contributed by atoms with Gasteiger partial charge in [-0.15, -0.1) is 0 Å². The molecule has 1 amide bonds. The summed E-state index contributed by atoms with van der Waals surface area (Å²) < 4.78 is 5.71. The van der Waals surface area contributed by atoms with Gasteiger partial charge in [-0.05, 0) is 63.8 Å². The molecule has 5 N–H and O–H groups in total. The average molecular weight is 573 g/mol. The van der Waals surface area contributed by atoms with Crippen LogP contribution in [0.5, 0.6) is 5.75 Å². The number of piperidine rings is 1. The summed E-state index contributed by atoms with van der Waals surface area (Å²) in [5.74, 6) is 0.696. The lowest BCUT2D eigenvalue weighted by atomic mass is 9.93. The van der Waals surface area contributed by atoms with Gasteiger partial charge < -0.3 is 36.0 Å². The fourth-order valence-corrected chi connectivity index (χ4v) is 6.17. The highest BCUT2D eigenvalue weighted by molar-refractivity contribution is 6.32. The molecule has 5 rings (SSSR count). The number of aliphatic hydroxyl groups is 1. The van der Waals surface area contributed by atoms with E-state index in [4.69, 9.17) is 22.1 Å². The number of benzene rings is 1. The van der Waals surface area contributed by atoms with Crippen molar-refractivity contribution >= 4 is 40.5 Å². The molecule has 0 atom stereocenters. The smallest absolute Gasteiger partial charge is 0.271 e. The lowest BCUT2D eigenvalue weighted by Gasteiger charge is -2.42. The number of ether oxygens (including phenoxy) is 1. The number of halogens is 1. The molecule has 0 bridgehead atoms. The largest absolute Gasteiger partial charge is 0.495 e. The van der Waals surface area contributed by atoms with Crippen molar-refractivity contribution in [2.75, 3.05) is 69.0 Å². The quantitative estimate of drug-likeness (QED) is 0.374. The maximum Gasteiger partial charge on any atom is 0.271 e. The zero-order chi connectivity index (χ0) is 28.2. The number of amides is 1. The van der Waals surface area contributed by atoms with Crippen molar-refractivity contribution in [3.63, 3.8) is 0 Å². The van der Waals surface area contributed by atoms with Gasteiger partial charge in [0.15, 0.2) is 22.5 Å². The van der Waals surface area contributed by atoms with E-state index >= 15 is 0 Å². The number of rotatable bonds is 8. The fourth-order valence-electron chi connectivity index (χ4n) is 5.99. The number of methoxy groups -OCH3 is 1. The minimum Gasteiger partial charge on any atom is -0.495 e. The topological polar surface area (TPSA) is 132 Å². The highest BCUT2D eigenvalue weighted by atomic mass is 35.5. The second-order valence-corrected chi connectivity index (χ2v) is 11.5. The molecule has 0 radical (unpaired) electrons.